The molecular weight excluding hydrogens is 378 g/mol. The minimum absolute atomic E-state index is 0.163. The third kappa shape index (κ3) is 7.43. The second-order valence-corrected chi connectivity index (χ2v) is 10.7. The van der Waals surface area contributed by atoms with Gasteiger partial charge in [-0.1, -0.05) is 36.4 Å². The molecular formula is C21H31NO3S2. The lowest BCUT2D eigenvalue weighted by atomic mass is 10.1. The zero-order valence-corrected chi connectivity index (χ0v) is 18.2. The van der Waals surface area contributed by atoms with Crippen molar-refractivity contribution in [1.82, 2.24) is 5.32 Å². The number of carbonyl (C=O) groups excluding carboxylic acids is 1. The summed E-state index contributed by atoms with van der Waals surface area (Å²) < 4.78 is 11.3. The third-order valence-electron chi connectivity index (χ3n) is 4.03. The van der Waals surface area contributed by atoms with E-state index in [0.29, 0.717) is 13.2 Å². The number of thioether (sulfide) groups is 2. The maximum absolute atomic E-state index is 12.5. The van der Waals surface area contributed by atoms with Crippen molar-refractivity contribution >= 4 is 29.6 Å². The summed E-state index contributed by atoms with van der Waals surface area (Å²) >= 11 is 3.78. The van der Waals surface area contributed by atoms with Gasteiger partial charge >= 0.3 is 6.09 Å². The van der Waals surface area contributed by atoms with Crippen LogP contribution in [-0.4, -0.2) is 39.9 Å². The van der Waals surface area contributed by atoms with Crippen molar-refractivity contribution in [1.29, 1.82) is 0 Å². The van der Waals surface area contributed by atoms with Crippen LogP contribution in [0.5, 0.6) is 0 Å². The standard InChI is InChI=1S/C21H31NO3S2/c1-5-12-21(26-13-9-14-27-21)18(22-19(23)25-20(2,3)4)16-24-15-17-10-7-6-8-11-17/h5-8,10-11,18H,1,9,12-16H2,2-4H3,(H,22,23). The number of amides is 1. The topological polar surface area (TPSA) is 47.6 Å². The van der Waals surface area contributed by atoms with Gasteiger partial charge in [0.15, 0.2) is 0 Å². The van der Waals surface area contributed by atoms with Crippen molar-refractivity contribution in [2.24, 2.45) is 0 Å². The fraction of sp³-hybridized carbons (Fsp3) is 0.571. The Balaban J connectivity index is 2.08. The van der Waals surface area contributed by atoms with Gasteiger partial charge in [0.2, 0.25) is 0 Å². The van der Waals surface area contributed by atoms with Crippen LogP contribution in [0.15, 0.2) is 43.0 Å². The highest BCUT2D eigenvalue weighted by molar-refractivity contribution is 8.18. The largest absolute Gasteiger partial charge is 0.444 e. The van der Waals surface area contributed by atoms with Gasteiger partial charge in [-0.05, 0) is 50.7 Å². The summed E-state index contributed by atoms with van der Waals surface area (Å²) in [5, 5.41) is 3.08. The molecule has 1 aromatic carbocycles. The zero-order chi connectivity index (χ0) is 19.8. The molecule has 4 nitrogen and oxygen atoms in total. The minimum atomic E-state index is -0.530. The molecule has 150 valence electrons. The molecule has 0 spiro atoms. The number of allylic oxidation sites excluding steroid dienone is 1. The van der Waals surface area contributed by atoms with Gasteiger partial charge in [0, 0.05) is 0 Å². The van der Waals surface area contributed by atoms with Crippen LogP contribution >= 0.6 is 23.5 Å². The van der Waals surface area contributed by atoms with Gasteiger partial charge in [-0.2, -0.15) is 0 Å². The van der Waals surface area contributed by atoms with Crippen LogP contribution in [0.25, 0.3) is 0 Å². The summed E-state index contributed by atoms with van der Waals surface area (Å²) in [4.78, 5) is 12.5. The van der Waals surface area contributed by atoms with E-state index in [2.05, 4.69) is 11.9 Å². The Bertz CT molecular complexity index is 595. The lowest BCUT2D eigenvalue weighted by molar-refractivity contribution is 0.0419. The monoisotopic (exact) mass is 409 g/mol. The number of ether oxygens (including phenoxy) is 2. The molecule has 1 aromatic rings. The minimum Gasteiger partial charge on any atom is -0.444 e. The van der Waals surface area contributed by atoms with Crippen LogP contribution in [0.1, 0.15) is 39.2 Å². The van der Waals surface area contributed by atoms with E-state index in [1.54, 1.807) is 0 Å². The van der Waals surface area contributed by atoms with Crippen molar-refractivity contribution in [3.8, 4) is 0 Å². The Morgan fingerprint density at radius 1 is 1.30 bits per heavy atom. The molecule has 0 saturated carbocycles. The first-order valence-corrected chi connectivity index (χ1v) is 11.3. The summed E-state index contributed by atoms with van der Waals surface area (Å²) in [5.41, 5.74) is 0.591. The van der Waals surface area contributed by atoms with Gasteiger partial charge in [-0.3, -0.25) is 0 Å². The van der Waals surface area contributed by atoms with Gasteiger partial charge in [0.25, 0.3) is 0 Å². The van der Waals surface area contributed by atoms with Crippen molar-refractivity contribution < 1.29 is 14.3 Å². The predicted octanol–water partition coefficient (Wildman–Crippen LogP) is 5.24. The molecule has 6 heteroatoms. The van der Waals surface area contributed by atoms with Crippen molar-refractivity contribution in [2.75, 3.05) is 18.1 Å². The first-order valence-electron chi connectivity index (χ1n) is 9.35. The molecule has 1 atom stereocenters. The maximum atomic E-state index is 12.5. The fourth-order valence-electron chi connectivity index (χ4n) is 2.85. The zero-order valence-electron chi connectivity index (χ0n) is 16.5. The number of carbonyl (C=O) groups is 1. The quantitative estimate of drug-likeness (QED) is 0.595. The van der Waals surface area contributed by atoms with Gasteiger partial charge in [-0.25, -0.2) is 4.79 Å². The molecule has 1 aliphatic rings. The molecule has 0 aromatic heterocycles. The molecule has 1 N–H and O–H groups in total. The highest BCUT2D eigenvalue weighted by Crippen LogP contribution is 2.47. The van der Waals surface area contributed by atoms with E-state index in [-0.39, 0.29) is 10.1 Å². The Morgan fingerprint density at radius 2 is 1.96 bits per heavy atom. The molecule has 0 radical (unpaired) electrons. The van der Waals surface area contributed by atoms with Gasteiger partial charge in [0.05, 0.1) is 23.3 Å². The highest BCUT2D eigenvalue weighted by Gasteiger charge is 2.42. The highest BCUT2D eigenvalue weighted by atomic mass is 32.2. The Kier molecular flexibility index (Phi) is 8.58. The summed E-state index contributed by atoms with van der Waals surface area (Å²) in [6.07, 6.45) is 3.52. The van der Waals surface area contributed by atoms with Crippen LogP contribution < -0.4 is 5.32 Å². The average Bonchev–Trinajstić information content (AvgIpc) is 2.61. The molecule has 1 fully saturated rings. The van der Waals surface area contributed by atoms with Crippen molar-refractivity contribution in [3.63, 3.8) is 0 Å². The van der Waals surface area contributed by atoms with E-state index in [1.165, 1.54) is 6.42 Å². The molecule has 1 saturated heterocycles. The van der Waals surface area contributed by atoms with Gasteiger partial charge < -0.3 is 14.8 Å². The lowest BCUT2D eigenvalue weighted by Gasteiger charge is -2.42. The fourth-order valence-corrected chi connectivity index (χ4v) is 6.26. The molecule has 1 aliphatic heterocycles. The number of rotatable bonds is 8. The molecule has 1 heterocycles. The number of hydrogen-bond acceptors (Lipinski definition) is 5. The normalized spacial score (nSPS) is 17.7. The second kappa shape index (κ2) is 10.4. The molecule has 2 rings (SSSR count). The van der Waals surface area contributed by atoms with Crippen LogP contribution in [0.2, 0.25) is 0 Å². The van der Waals surface area contributed by atoms with Crippen molar-refractivity contribution in [3.05, 3.63) is 48.6 Å². The van der Waals surface area contributed by atoms with Crippen LogP contribution in [0, 0.1) is 0 Å². The van der Waals surface area contributed by atoms with Gasteiger partial charge in [0.1, 0.15) is 5.60 Å². The number of benzene rings is 1. The smallest absolute Gasteiger partial charge is 0.408 e. The Morgan fingerprint density at radius 3 is 2.56 bits per heavy atom. The molecule has 1 unspecified atom stereocenters. The van der Waals surface area contributed by atoms with Gasteiger partial charge in [-0.15, -0.1) is 30.1 Å². The summed E-state index contributed by atoms with van der Waals surface area (Å²) in [6, 6.07) is 9.91. The van der Waals surface area contributed by atoms with Crippen molar-refractivity contribution in [2.45, 2.75) is 55.9 Å². The van der Waals surface area contributed by atoms with E-state index in [4.69, 9.17) is 9.47 Å². The van der Waals surface area contributed by atoms with Crippen LogP contribution in [-0.2, 0) is 16.1 Å². The Hall–Kier alpha value is -1.11. The van der Waals surface area contributed by atoms with E-state index in [0.717, 1.165) is 23.5 Å². The number of alkyl carbamates (subject to hydrolysis) is 1. The second-order valence-electron chi connectivity index (χ2n) is 7.55. The third-order valence-corrected chi connectivity index (χ3v) is 7.60. The van der Waals surface area contributed by atoms with E-state index in [1.807, 2.05) is 80.7 Å². The van der Waals surface area contributed by atoms with E-state index >= 15 is 0 Å². The van der Waals surface area contributed by atoms with Crippen LogP contribution in [0.4, 0.5) is 4.79 Å². The number of nitrogens with one attached hydrogen (secondary N) is 1. The van der Waals surface area contributed by atoms with E-state index < -0.39 is 11.7 Å². The summed E-state index contributed by atoms with van der Waals surface area (Å²) in [5.74, 6) is 2.15. The maximum Gasteiger partial charge on any atom is 0.408 e. The predicted molar refractivity (Wildman–Crippen MR) is 116 cm³/mol. The molecule has 27 heavy (non-hydrogen) atoms. The summed E-state index contributed by atoms with van der Waals surface area (Å²) in [6.45, 7) is 10.5. The first kappa shape index (κ1) is 22.2. The first-order chi connectivity index (χ1) is 12.8. The number of hydrogen-bond donors (Lipinski definition) is 1. The molecule has 1 amide bonds. The lowest BCUT2D eigenvalue weighted by Crippen LogP contribution is -2.53. The van der Waals surface area contributed by atoms with Crippen LogP contribution in [0.3, 0.4) is 0 Å². The Labute approximate surface area is 171 Å². The summed E-state index contributed by atoms with van der Waals surface area (Å²) in [7, 11) is 0. The van der Waals surface area contributed by atoms with E-state index in [9.17, 15) is 4.79 Å². The average molecular weight is 410 g/mol. The molecule has 0 aliphatic carbocycles. The SMILES string of the molecule is C=CCC1(C(COCc2ccccc2)NC(=O)OC(C)(C)C)SCCCS1. The molecule has 0 bridgehead atoms.